The van der Waals surface area contributed by atoms with Gasteiger partial charge in [-0.3, -0.25) is 9.48 Å². The van der Waals surface area contributed by atoms with E-state index in [0.29, 0.717) is 18.2 Å². The van der Waals surface area contributed by atoms with Gasteiger partial charge in [-0.25, -0.2) is 0 Å². The quantitative estimate of drug-likeness (QED) is 0.805. The number of hydrogen-bond acceptors (Lipinski definition) is 5. The van der Waals surface area contributed by atoms with Crippen LogP contribution in [0.1, 0.15) is 54.3 Å². The summed E-state index contributed by atoms with van der Waals surface area (Å²) < 4.78 is 9.83. The molecular formula is C13H16N4OS. The van der Waals surface area contributed by atoms with Crippen LogP contribution in [0.2, 0.25) is 0 Å². The maximum atomic E-state index is 11.9. The summed E-state index contributed by atoms with van der Waals surface area (Å²) in [5, 5.41) is 4.53. The number of carbonyl (C=O) groups is 1. The van der Waals surface area contributed by atoms with E-state index in [1.54, 1.807) is 0 Å². The Kier molecular flexibility index (Phi) is 3.68. The lowest BCUT2D eigenvalue weighted by Gasteiger charge is -2.21. The predicted molar refractivity (Wildman–Crippen MR) is 72.3 cm³/mol. The molecule has 0 amide bonds. The van der Waals surface area contributed by atoms with Crippen LogP contribution >= 0.6 is 11.7 Å². The second-order valence-electron chi connectivity index (χ2n) is 4.97. The number of rotatable bonds is 4. The van der Waals surface area contributed by atoms with E-state index in [2.05, 4.69) is 13.8 Å². The van der Waals surface area contributed by atoms with Gasteiger partial charge in [0.05, 0.1) is 36.1 Å². The van der Waals surface area contributed by atoms with Gasteiger partial charge < -0.3 is 0 Å². The normalized spacial score (nSPS) is 16.6. The van der Waals surface area contributed by atoms with Crippen LogP contribution in [0.5, 0.6) is 0 Å². The second-order valence-corrected chi connectivity index (χ2v) is 5.53. The zero-order valence-electron chi connectivity index (χ0n) is 10.7. The molecule has 0 aromatic carbocycles. The first-order valence-corrected chi connectivity index (χ1v) is 7.41. The van der Waals surface area contributed by atoms with Gasteiger partial charge in [0.25, 0.3) is 0 Å². The van der Waals surface area contributed by atoms with Crippen LogP contribution in [-0.4, -0.2) is 24.3 Å². The number of Topliss-reactive ketones (excluding diaryl/α,β-unsaturated/α-hetero) is 1. The largest absolute Gasteiger partial charge is 0.292 e. The van der Waals surface area contributed by atoms with E-state index in [9.17, 15) is 4.79 Å². The highest BCUT2D eigenvalue weighted by molar-refractivity contribution is 6.99. The molecule has 0 aliphatic heterocycles. The minimum absolute atomic E-state index is 0.0114. The fraction of sp³-hybridized carbons (Fsp3) is 0.538. The van der Waals surface area contributed by atoms with Crippen LogP contribution in [0.4, 0.5) is 0 Å². The topological polar surface area (TPSA) is 60.7 Å². The van der Waals surface area contributed by atoms with E-state index >= 15 is 0 Å². The summed E-state index contributed by atoms with van der Waals surface area (Å²) >= 11 is 1.06. The molecule has 19 heavy (non-hydrogen) atoms. The van der Waals surface area contributed by atoms with Crippen LogP contribution in [-0.2, 0) is 6.42 Å². The average Bonchev–Trinajstić information content (AvgIpc) is 3.11. The highest BCUT2D eigenvalue weighted by Crippen LogP contribution is 2.27. The fourth-order valence-corrected chi connectivity index (χ4v) is 2.99. The van der Waals surface area contributed by atoms with E-state index < -0.39 is 0 Å². The Labute approximate surface area is 116 Å². The number of nitrogens with zero attached hydrogens (tertiary/aromatic N) is 4. The Bertz CT molecular complexity index is 543. The van der Waals surface area contributed by atoms with E-state index in [-0.39, 0.29) is 5.78 Å². The maximum absolute atomic E-state index is 11.9. The Balaban J connectivity index is 1.66. The Morgan fingerprint density at radius 3 is 2.95 bits per heavy atom. The predicted octanol–water partition coefficient (Wildman–Crippen LogP) is 2.67. The van der Waals surface area contributed by atoms with Crippen molar-refractivity contribution in [3.63, 3.8) is 0 Å². The van der Waals surface area contributed by atoms with Crippen LogP contribution < -0.4 is 0 Å². The van der Waals surface area contributed by atoms with E-state index in [4.69, 9.17) is 0 Å². The third kappa shape index (κ3) is 2.89. The van der Waals surface area contributed by atoms with Crippen molar-refractivity contribution in [2.45, 2.75) is 44.6 Å². The van der Waals surface area contributed by atoms with Gasteiger partial charge in [-0.1, -0.05) is 19.3 Å². The molecule has 1 saturated carbocycles. The van der Waals surface area contributed by atoms with Gasteiger partial charge in [-0.15, -0.1) is 0 Å². The summed E-state index contributed by atoms with van der Waals surface area (Å²) in [5.41, 5.74) is 1.26. The van der Waals surface area contributed by atoms with Crippen molar-refractivity contribution in [3.05, 3.63) is 29.8 Å². The highest BCUT2D eigenvalue weighted by atomic mass is 32.1. The van der Waals surface area contributed by atoms with Gasteiger partial charge in [-0.05, 0) is 18.9 Å². The smallest absolute Gasteiger partial charge is 0.189 e. The van der Waals surface area contributed by atoms with E-state index in [1.165, 1.54) is 38.3 Å². The molecule has 0 spiro atoms. The van der Waals surface area contributed by atoms with E-state index in [1.807, 2.05) is 16.9 Å². The monoisotopic (exact) mass is 276 g/mol. The maximum Gasteiger partial charge on any atom is 0.189 e. The van der Waals surface area contributed by atoms with Crippen LogP contribution in [0, 0.1) is 0 Å². The standard InChI is InChI=1S/C13H16N4OS/c18-13(12-9-14-19-16-12)8-10-6-7-17(15-10)11-4-2-1-3-5-11/h6-7,9,11H,1-5,8H2. The van der Waals surface area contributed by atoms with E-state index in [0.717, 1.165) is 17.4 Å². The molecule has 0 atom stereocenters. The van der Waals surface area contributed by atoms with Crippen LogP contribution in [0.25, 0.3) is 0 Å². The molecular weight excluding hydrogens is 260 g/mol. The zero-order chi connectivity index (χ0) is 13.1. The number of ketones is 1. The number of hydrogen-bond donors (Lipinski definition) is 0. The van der Waals surface area contributed by atoms with Gasteiger partial charge in [0, 0.05) is 6.20 Å². The Hall–Kier alpha value is -1.56. The van der Waals surface area contributed by atoms with Gasteiger partial charge in [0.15, 0.2) is 5.78 Å². The number of carbonyl (C=O) groups excluding carboxylic acids is 1. The van der Waals surface area contributed by atoms with Crippen LogP contribution in [0.3, 0.4) is 0 Å². The van der Waals surface area contributed by atoms with Crippen molar-refractivity contribution in [1.29, 1.82) is 0 Å². The van der Waals surface area contributed by atoms with Gasteiger partial charge >= 0.3 is 0 Å². The molecule has 0 N–H and O–H groups in total. The average molecular weight is 276 g/mol. The minimum atomic E-state index is -0.0114. The Morgan fingerprint density at radius 1 is 1.37 bits per heavy atom. The summed E-state index contributed by atoms with van der Waals surface area (Å²) in [6.07, 6.45) is 10.1. The summed E-state index contributed by atoms with van der Waals surface area (Å²) in [6.45, 7) is 0. The minimum Gasteiger partial charge on any atom is -0.292 e. The lowest BCUT2D eigenvalue weighted by atomic mass is 9.96. The van der Waals surface area contributed by atoms with Gasteiger partial charge in [-0.2, -0.15) is 13.8 Å². The summed E-state index contributed by atoms with van der Waals surface area (Å²) in [7, 11) is 0. The molecule has 0 unspecified atom stereocenters. The van der Waals surface area contributed by atoms with Crippen molar-refractivity contribution in [2.75, 3.05) is 0 Å². The molecule has 2 heterocycles. The number of aromatic nitrogens is 4. The molecule has 1 fully saturated rings. The fourth-order valence-electron chi connectivity index (χ4n) is 2.56. The molecule has 0 bridgehead atoms. The molecule has 0 saturated heterocycles. The van der Waals surface area contributed by atoms with Gasteiger partial charge in [0.1, 0.15) is 5.69 Å². The molecule has 2 aromatic rings. The van der Waals surface area contributed by atoms with Crippen molar-refractivity contribution in [1.82, 2.24) is 18.5 Å². The lowest BCUT2D eigenvalue weighted by Crippen LogP contribution is -2.14. The lowest BCUT2D eigenvalue weighted by molar-refractivity contribution is 0.0987. The second kappa shape index (κ2) is 5.61. The van der Waals surface area contributed by atoms with Crippen molar-refractivity contribution in [2.24, 2.45) is 0 Å². The third-order valence-electron chi connectivity index (χ3n) is 3.60. The summed E-state index contributed by atoms with van der Waals surface area (Å²) in [5.74, 6) is -0.0114. The van der Waals surface area contributed by atoms with Crippen molar-refractivity contribution < 1.29 is 4.79 Å². The molecule has 3 rings (SSSR count). The molecule has 2 aromatic heterocycles. The first-order chi connectivity index (χ1) is 9.33. The molecule has 100 valence electrons. The SMILES string of the molecule is O=C(Cc1ccn(C2CCCCC2)n1)c1cnsn1. The zero-order valence-corrected chi connectivity index (χ0v) is 11.5. The first-order valence-electron chi connectivity index (χ1n) is 6.68. The summed E-state index contributed by atoms with van der Waals surface area (Å²) in [6, 6.07) is 2.45. The first kappa shape index (κ1) is 12.5. The van der Waals surface area contributed by atoms with Crippen LogP contribution in [0.15, 0.2) is 18.5 Å². The molecule has 6 heteroatoms. The molecule has 1 aliphatic rings. The summed E-state index contributed by atoms with van der Waals surface area (Å²) in [4.78, 5) is 11.9. The van der Waals surface area contributed by atoms with Crippen molar-refractivity contribution >= 4 is 17.5 Å². The third-order valence-corrected chi connectivity index (χ3v) is 4.08. The Morgan fingerprint density at radius 2 is 2.21 bits per heavy atom. The van der Waals surface area contributed by atoms with Crippen molar-refractivity contribution in [3.8, 4) is 0 Å². The molecule has 1 aliphatic carbocycles. The van der Waals surface area contributed by atoms with Gasteiger partial charge in [0.2, 0.25) is 0 Å². The molecule has 5 nitrogen and oxygen atoms in total. The highest BCUT2D eigenvalue weighted by Gasteiger charge is 2.17. The molecule has 0 radical (unpaired) electrons.